The van der Waals surface area contributed by atoms with Gasteiger partial charge in [-0.3, -0.25) is 14.9 Å². The molecule has 2 saturated heterocycles. The molecule has 3 heterocycles. The molecule has 2 fully saturated rings. The molecule has 0 spiro atoms. The molecule has 0 aliphatic carbocycles. The quantitative estimate of drug-likeness (QED) is 0.904. The summed E-state index contributed by atoms with van der Waals surface area (Å²) in [5.41, 5.74) is 2.12. The molecule has 116 valence electrons. The molecule has 2 aliphatic heterocycles. The molecule has 21 heavy (non-hydrogen) atoms. The van der Waals surface area contributed by atoms with Crippen molar-refractivity contribution in [1.29, 1.82) is 0 Å². The van der Waals surface area contributed by atoms with Gasteiger partial charge in [-0.15, -0.1) is 0 Å². The van der Waals surface area contributed by atoms with Gasteiger partial charge in [0.2, 0.25) is 0 Å². The largest absolute Gasteiger partial charge is 0.314 e. The van der Waals surface area contributed by atoms with Crippen molar-refractivity contribution >= 4 is 0 Å². The van der Waals surface area contributed by atoms with Gasteiger partial charge in [0.15, 0.2) is 0 Å². The van der Waals surface area contributed by atoms with Crippen molar-refractivity contribution in [2.24, 2.45) is 0 Å². The Balaban J connectivity index is 1.64. The van der Waals surface area contributed by atoms with Crippen LogP contribution in [0.25, 0.3) is 0 Å². The van der Waals surface area contributed by atoms with Crippen LogP contribution in [0, 0.1) is 6.92 Å². The minimum absolute atomic E-state index is 0.723. The predicted octanol–water partition coefficient (Wildman–Crippen LogP) is 2.67. The Morgan fingerprint density at radius 3 is 2.57 bits per heavy atom. The molecule has 0 amide bonds. The van der Waals surface area contributed by atoms with Gasteiger partial charge in [0.05, 0.1) is 11.4 Å². The maximum atomic E-state index is 4.55. The summed E-state index contributed by atoms with van der Waals surface area (Å²) in [5.74, 6) is 0. The van der Waals surface area contributed by atoms with Gasteiger partial charge >= 0.3 is 0 Å². The number of nitrogens with zero attached hydrogens (tertiary/aromatic N) is 3. The SMILES string of the molecule is CCCNC1CC2CCCC(C1)N2Cc1cnc(C)cn1. The fourth-order valence-corrected chi connectivity index (χ4v) is 3.94. The van der Waals surface area contributed by atoms with Gasteiger partial charge in [0.1, 0.15) is 0 Å². The van der Waals surface area contributed by atoms with E-state index in [4.69, 9.17) is 0 Å². The second-order valence-corrected chi connectivity index (χ2v) is 6.68. The normalized spacial score (nSPS) is 29.5. The van der Waals surface area contributed by atoms with E-state index >= 15 is 0 Å². The number of fused-ring (bicyclic) bond motifs is 2. The van der Waals surface area contributed by atoms with Gasteiger partial charge in [0.25, 0.3) is 0 Å². The highest BCUT2D eigenvalue weighted by Gasteiger charge is 2.37. The van der Waals surface area contributed by atoms with Crippen molar-refractivity contribution in [3.63, 3.8) is 0 Å². The van der Waals surface area contributed by atoms with Crippen LogP contribution in [0.5, 0.6) is 0 Å². The molecule has 0 saturated carbocycles. The fourth-order valence-electron chi connectivity index (χ4n) is 3.94. The third-order valence-electron chi connectivity index (χ3n) is 4.99. The molecule has 2 bridgehead atoms. The van der Waals surface area contributed by atoms with Crippen LogP contribution in [0.4, 0.5) is 0 Å². The first-order valence-corrected chi connectivity index (χ1v) is 8.53. The van der Waals surface area contributed by atoms with Crippen molar-refractivity contribution in [2.75, 3.05) is 6.54 Å². The van der Waals surface area contributed by atoms with Crippen molar-refractivity contribution in [2.45, 2.75) is 77.0 Å². The van der Waals surface area contributed by atoms with Crippen LogP contribution in [0.1, 0.15) is 56.8 Å². The summed E-state index contributed by atoms with van der Waals surface area (Å²) in [5, 5.41) is 3.74. The summed E-state index contributed by atoms with van der Waals surface area (Å²) >= 11 is 0. The van der Waals surface area contributed by atoms with E-state index in [9.17, 15) is 0 Å². The Hall–Kier alpha value is -1.00. The lowest BCUT2D eigenvalue weighted by atomic mass is 9.81. The molecule has 2 unspecified atom stereocenters. The first kappa shape index (κ1) is 14.9. The van der Waals surface area contributed by atoms with Gasteiger partial charge < -0.3 is 5.32 Å². The lowest BCUT2D eigenvalue weighted by Gasteiger charge is -2.49. The van der Waals surface area contributed by atoms with Gasteiger partial charge in [0, 0.05) is 37.1 Å². The zero-order chi connectivity index (χ0) is 14.7. The third kappa shape index (κ3) is 3.61. The summed E-state index contributed by atoms with van der Waals surface area (Å²) in [4.78, 5) is 11.6. The van der Waals surface area contributed by atoms with Crippen LogP contribution >= 0.6 is 0 Å². The summed E-state index contributed by atoms with van der Waals surface area (Å²) in [6, 6.07) is 2.19. The topological polar surface area (TPSA) is 41.0 Å². The summed E-state index contributed by atoms with van der Waals surface area (Å²) in [6.07, 6.45) is 11.8. The van der Waals surface area contributed by atoms with E-state index in [0.717, 1.165) is 42.6 Å². The monoisotopic (exact) mass is 288 g/mol. The predicted molar refractivity (Wildman–Crippen MR) is 85.1 cm³/mol. The van der Waals surface area contributed by atoms with E-state index in [0.29, 0.717) is 0 Å². The van der Waals surface area contributed by atoms with E-state index in [1.54, 1.807) is 0 Å². The van der Waals surface area contributed by atoms with Gasteiger partial charge in [-0.05, 0) is 45.6 Å². The van der Waals surface area contributed by atoms with Crippen LogP contribution < -0.4 is 5.32 Å². The molecule has 2 atom stereocenters. The number of hydrogen-bond donors (Lipinski definition) is 1. The average molecular weight is 288 g/mol. The molecule has 4 heteroatoms. The highest BCUT2D eigenvalue weighted by Crippen LogP contribution is 2.34. The van der Waals surface area contributed by atoms with Crippen LogP contribution in [0.15, 0.2) is 12.4 Å². The number of nitrogens with one attached hydrogen (secondary N) is 1. The smallest absolute Gasteiger partial charge is 0.0727 e. The fraction of sp³-hybridized carbons (Fsp3) is 0.765. The second-order valence-electron chi connectivity index (χ2n) is 6.68. The molecular weight excluding hydrogens is 260 g/mol. The van der Waals surface area contributed by atoms with Crippen molar-refractivity contribution < 1.29 is 0 Å². The van der Waals surface area contributed by atoms with Gasteiger partial charge in [-0.1, -0.05) is 13.3 Å². The Bertz CT molecular complexity index is 431. The Morgan fingerprint density at radius 1 is 1.19 bits per heavy atom. The van der Waals surface area contributed by atoms with Crippen molar-refractivity contribution in [3.05, 3.63) is 23.8 Å². The second kappa shape index (κ2) is 6.84. The standard InChI is InChI=1S/C17H28N4/c1-3-7-18-14-8-16-5-4-6-17(9-14)21(16)12-15-11-19-13(2)10-20-15/h10-11,14,16-18H,3-9,12H2,1-2H3. The van der Waals surface area contributed by atoms with Crippen LogP contribution in [-0.4, -0.2) is 39.5 Å². The zero-order valence-corrected chi connectivity index (χ0v) is 13.4. The van der Waals surface area contributed by atoms with Crippen molar-refractivity contribution in [1.82, 2.24) is 20.2 Å². The highest BCUT2D eigenvalue weighted by molar-refractivity contribution is 5.03. The molecule has 1 N–H and O–H groups in total. The molecule has 1 aromatic heterocycles. The van der Waals surface area contributed by atoms with Crippen molar-refractivity contribution in [3.8, 4) is 0 Å². The lowest BCUT2D eigenvalue weighted by Crippen LogP contribution is -2.55. The number of rotatable bonds is 5. The molecule has 3 rings (SSSR count). The van der Waals surface area contributed by atoms with E-state index < -0.39 is 0 Å². The maximum absolute atomic E-state index is 4.55. The number of aryl methyl sites for hydroxylation is 1. The van der Waals surface area contributed by atoms with Crippen LogP contribution in [-0.2, 0) is 6.54 Å². The summed E-state index contributed by atoms with van der Waals surface area (Å²) in [7, 11) is 0. The average Bonchev–Trinajstić information content (AvgIpc) is 2.47. The van der Waals surface area contributed by atoms with Gasteiger partial charge in [-0.25, -0.2) is 0 Å². The zero-order valence-electron chi connectivity index (χ0n) is 13.4. The lowest BCUT2D eigenvalue weighted by molar-refractivity contribution is 0.0167. The highest BCUT2D eigenvalue weighted by atomic mass is 15.2. The Morgan fingerprint density at radius 2 is 1.95 bits per heavy atom. The molecular formula is C17H28N4. The molecule has 1 aromatic rings. The van der Waals surface area contributed by atoms with E-state index in [-0.39, 0.29) is 0 Å². The minimum atomic E-state index is 0.723. The molecule has 2 aliphatic rings. The number of piperidine rings is 2. The molecule has 4 nitrogen and oxygen atoms in total. The Kier molecular flexibility index (Phi) is 4.86. The summed E-state index contributed by atoms with van der Waals surface area (Å²) < 4.78 is 0. The Labute approximate surface area is 128 Å². The number of hydrogen-bond acceptors (Lipinski definition) is 4. The van der Waals surface area contributed by atoms with Crippen LogP contribution in [0.3, 0.4) is 0 Å². The molecule has 0 aromatic carbocycles. The minimum Gasteiger partial charge on any atom is -0.314 e. The van der Waals surface area contributed by atoms with Gasteiger partial charge in [-0.2, -0.15) is 0 Å². The van der Waals surface area contributed by atoms with Crippen LogP contribution in [0.2, 0.25) is 0 Å². The third-order valence-corrected chi connectivity index (χ3v) is 4.99. The first-order valence-electron chi connectivity index (χ1n) is 8.53. The van der Waals surface area contributed by atoms with E-state index in [1.807, 2.05) is 19.3 Å². The first-order chi connectivity index (χ1) is 10.3. The molecule has 0 radical (unpaired) electrons. The van der Waals surface area contributed by atoms with E-state index in [1.165, 1.54) is 38.5 Å². The number of aromatic nitrogens is 2. The van der Waals surface area contributed by atoms with E-state index in [2.05, 4.69) is 27.1 Å². The maximum Gasteiger partial charge on any atom is 0.0727 e. The summed E-state index contributed by atoms with van der Waals surface area (Å²) in [6.45, 7) is 6.38.